The van der Waals surface area contributed by atoms with Gasteiger partial charge in [-0.1, -0.05) is 41.9 Å². The van der Waals surface area contributed by atoms with Gasteiger partial charge in [0.05, 0.1) is 24.8 Å². The molecule has 0 bridgehead atoms. The van der Waals surface area contributed by atoms with Gasteiger partial charge in [0.25, 0.3) is 10.0 Å². The van der Waals surface area contributed by atoms with Crippen LogP contribution >= 0.6 is 11.6 Å². The summed E-state index contributed by atoms with van der Waals surface area (Å²) in [5, 5.41) is 3.37. The van der Waals surface area contributed by atoms with Crippen molar-refractivity contribution in [3.05, 3.63) is 83.4 Å². The van der Waals surface area contributed by atoms with Crippen LogP contribution in [0.1, 0.15) is 33.3 Å². The van der Waals surface area contributed by atoms with Crippen molar-refractivity contribution >= 4 is 39.1 Å². The second-order valence-corrected chi connectivity index (χ2v) is 12.7. The molecule has 41 heavy (non-hydrogen) atoms. The summed E-state index contributed by atoms with van der Waals surface area (Å²) in [5.41, 5.74) is 0.239. The van der Waals surface area contributed by atoms with Crippen LogP contribution in [0, 0.1) is 0 Å². The van der Waals surface area contributed by atoms with Crippen molar-refractivity contribution in [2.45, 2.75) is 50.7 Å². The fourth-order valence-corrected chi connectivity index (χ4v) is 5.76. The molecule has 1 atom stereocenters. The Kier molecular flexibility index (Phi) is 10.3. The van der Waals surface area contributed by atoms with Crippen LogP contribution in [-0.2, 0) is 26.2 Å². The van der Waals surface area contributed by atoms with E-state index >= 15 is 0 Å². The number of halogens is 1. The zero-order valence-electron chi connectivity index (χ0n) is 24.0. The summed E-state index contributed by atoms with van der Waals surface area (Å²) in [6, 6.07) is 18.5. The molecule has 1 N–H and O–H groups in total. The number of nitrogens with one attached hydrogen (secondary N) is 1. The van der Waals surface area contributed by atoms with E-state index in [0.717, 1.165) is 4.31 Å². The molecule has 0 unspecified atom stereocenters. The average Bonchev–Trinajstić information content (AvgIpc) is 2.93. The molecule has 0 spiro atoms. The maximum Gasteiger partial charge on any atom is 0.264 e. The van der Waals surface area contributed by atoms with Crippen LogP contribution in [0.5, 0.6) is 11.5 Å². The lowest BCUT2D eigenvalue weighted by Gasteiger charge is -2.33. The predicted molar refractivity (Wildman–Crippen MR) is 160 cm³/mol. The van der Waals surface area contributed by atoms with Crippen LogP contribution in [0.4, 0.5) is 5.69 Å². The smallest absolute Gasteiger partial charge is 0.264 e. The third-order valence-electron chi connectivity index (χ3n) is 6.17. The summed E-state index contributed by atoms with van der Waals surface area (Å²) in [6.07, 6.45) is 0. The number of nitrogens with zero attached hydrogens (tertiary/aromatic N) is 2. The molecule has 0 aliphatic heterocycles. The standard InChI is InChI=1S/C30H36ClN3O6S/c1-21(29(36)32-30(2,3)4)33(19-22-11-10-12-23(31)17-22)28(35)20-34(41(37,38)25-13-8-7-9-14-25)26-18-24(39-5)15-16-27(26)40-6/h7-18,21H,19-20H2,1-6H3,(H,32,36)/t21-/m1/s1. The third kappa shape index (κ3) is 8.14. The number of benzene rings is 3. The second kappa shape index (κ2) is 13.3. The van der Waals surface area contributed by atoms with Gasteiger partial charge in [0.1, 0.15) is 24.1 Å². The van der Waals surface area contributed by atoms with Gasteiger partial charge in [-0.3, -0.25) is 13.9 Å². The van der Waals surface area contributed by atoms with E-state index in [1.165, 1.54) is 37.3 Å². The summed E-state index contributed by atoms with van der Waals surface area (Å²) >= 11 is 6.20. The van der Waals surface area contributed by atoms with Crippen LogP contribution in [-0.4, -0.2) is 57.5 Å². The summed E-state index contributed by atoms with van der Waals surface area (Å²) in [5.74, 6) is -0.400. The van der Waals surface area contributed by atoms with Crippen LogP contribution in [0.3, 0.4) is 0 Å². The Hall–Kier alpha value is -3.76. The van der Waals surface area contributed by atoms with Crippen LogP contribution in [0.15, 0.2) is 77.7 Å². The Balaban J connectivity index is 2.12. The van der Waals surface area contributed by atoms with Crippen molar-refractivity contribution in [3.63, 3.8) is 0 Å². The van der Waals surface area contributed by atoms with Gasteiger partial charge in [0.2, 0.25) is 11.8 Å². The number of ether oxygens (including phenoxy) is 2. The fraction of sp³-hybridized carbons (Fsp3) is 0.333. The summed E-state index contributed by atoms with van der Waals surface area (Å²) in [7, 11) is -1.41. The largest absolute Gasteiger partial charge is 0.497 e. The van der Waals surface area contributed by atoms with Crippen molar-refractivity contribution in [1.29, 1.82) is 0 Å². The van der Waals surface area contributed by atoms with E-state index in [4.69, 9.17) is 21.1 Å². The summed E-state index contributed by atoms with van der Waals surface area (Å²) in [4.78, 5) is 28.6. The zero-order valence-corrected chi connectivity index (χ0v) is 25.6. The number of carbonyl (C=O) groups is 2. The molecule has 3 rings (SSSR count). The molecule has 11 heteroatoms. The van der Waals surface area contributed by atoms with Gasteiger partial charge in [-0.2, -0.15) is 0 Å². The van der Waals surface area contributed by atoms with E-state index in [1.807, 2.05) is 20.8 Å². The normalized spacial score (nSPS) is 12.3. The van der Waals surface area contributed by atoms with Gasteiger partial charge in [0.15, 0.2) is 0 Å². The Labute approximate surface area is 247 Å². The average molecular weight is 602 g/mol. The number of methoxy groups -OCH3 is 2. The van der Waals surface area contributed by atoms with E-state index < -0.39 is 34.1 Å². The number of hydrogen-bond acceptors (Lipinski definition) is 6. The second-order valence-electron chi connectivity index (χ2n) is 10.4. The number of carbonyl (C=O) groups excluding carboxylic acids is 2. The van der Waals surface area contributed by atoms with E-state index in [-0.39, 0.29) is 28.8 Å². The van der Waals surface area contributed by atoms with Crippen molar-refractivity contribution in [1.82, 2.24) is 10.2 Å². The molecule has 0 aliphatic rings. The molecular formula is C30H36ClN3O6S. The Morgan fingerprint density at radius 1 is 0.951 bits per heavy atom. The first-order chi connectivity index (χ1) is 19.3. The molecule has 0 saturated heterocycles. The molecule has 3 aromatic carbocycles. The highest BCUT2D eigenvalue weighted by atomic mass is 35.5. The maximum atomic E-state index is 14.1. The quantitative estimate of drug-likeness (QED) is 0.336. The van der Waals surface area contributed by atoms with Gasteiger partial charge >= 0.3 is 0 Å². The lowest BCUT2D eigenvalue weighted by Crippen LogP contribution is -2.54. The molecular weight excluding hydrogens is 566 g/mol. The molecule has 0 aromatic heterocycles. The topological polar surface area (TPSA) is 105 Å². The number of rotatable bonds is 11. The first-order valence-electron chi connectivity index (χ1n) is 12.9. The molecule has 0 heterocycles. The molecule has 9 nitrogen and oxygen atoms in total. The van der Waals surface area contributed by atoms with Gasteiger partial charge < -0.3 is 19.7 Å². The molecule has 0 fully saturated rings. The molecule has 0 radical (unpaired) electrons. The van der Waals surface area contributed by atoms with Crippen molar-refractivity contribution in [3.8, 4) is 11.5 Å². The van der Waals surface area contributed by atoms with E-state index in [2.05, 4.69) is 5.32 Å². The minimum absolute atomic E-state index is 0.0161. The number of sulfonamides is 1. The molecule has 220 valence electrons. The van der Waals surface area contributed by atoms with Crippen LogP contribution in [0.2, 0.25) is 5.02 Å². The van der Waals surface area contributed by atoms with Crippen LogP contribution < -0.4 is 19.1 Å². The Bertz CT molecular complexity index is 1480. The monoisotopic (exact) mass is 601 g/mol. The van der Waals surface area contributed by atoms with E-state index in [1.54, 1.807) is 61.5 Å². The van der Waals surface area contributed by atoms with Crippen molar-refractivity contribution in [2.24, 2.45) is 0 Å². The lowest BCUT2D eigenvalue weighted by atomic mass is 10.1. The minimum Gasteiger partial charge on any atom is -0.497 e. The van der Waals surface area contributed by atoms with Crippen molar-refractivity contribution in [2.75, 3.05) is 25.1 Å². The highest BCUT2D eigenvalue weighted by Crippen LogP contribution is 2.36. The summed E-state index contributed by atoms with van der Waals surface area (Å²) < 4.78 is 39.8. The SMILES string of the molecule is COc1ccc(OC)c(N(CC(=O)N(Cc2cccc(Cl)c2)[C@H](C)C(=O)NC(C)(C)C)S(=O)(=O)c2ccccc2)c1. The Morgan fingerprint density at radius 2 is 1.63 bits per heavy atom. The fourth-order valence-electron chi connectivity index (χ4n) is 4.11. The van der Waals surface area contributed by atoms with Gasteiger partial charge in [-0.25, -0.2) is 8.42 Å². The maximum absolute atomic E-state index is 14.1. The molecule has 3 aromatic rings. The highest BCUT2D eigenvalue weighted by molar-refractivity contribution is 7.92. The first kappa shape index (κ1) is 31.8. The predicted octanol–water partition coefficient (Wildman–Crippen LogP) is 4.88. The van der Waals surface area contributed by atoms with Gasteiger partial charge in [0, 0.05) is 23.2 Å². The van der Waals surface area contributed by atoms with Crippen LogP contribution in [0.25, 0.3) is 0 Å². The highest BCUT2D eigenvalue weighted by Gasteiger charge is 2.34. The number of hydrogen-bond donors (Lipinski definition) is 1. The third-order valence-corrected chi connectivity index (χ3v) is 8.18. The number of amides is 2. The van der Waals surface area contributed by atoms with E-state index in [0.29, 0.717) is 16.3 Å². The van der Waals surface area contributed by atoms with Gasteiger partial charge in [-0.05, 0) is 69.7 Å². The van der Waals surface area contributed by atoms with Gasteiger partial charge in [-0.15, -0.1) is 0 Å². The Morgan fingerprint density at radius 3 is 2.22 bits per heavy atom. The molecule has 0 aliphatic carbocycles. The summed E-state index contributed by atoms with van der Waals surface area (Å²) in [6.45, 7) is 6.52. The lowest BCUT2D eigenvalue weighted by molar-refractivity contribution is -0.140. The van der Waals surface area contributed by atoms with Crippen molar-refractivity contribution < 1.29 is 27.5 Å². The molecule has 0 saturated carbocycles. The number of anilines is 1. The van der Waals surface area contributed by atoms with E-state index in [9.17, 15) is 18.0 Å². The molecule has 2 amide bonds. The minimum atomic E-state index is -4.27. The first-order valence-corrected chi connectivity index (χ1v) is 14.7. The zero-order chi connectivity index (χ0) is 30.4.